The van der Waals surface area contributed by atoms with Crippen molar-refractivity contribution >= 4 is 0 Å². The van der Waals surface area contributed by atoms with Crippen LogP contribution in [0.25, 0.3) is 0 Å². The topological polar surface area (TPSA) is 0 Å². The maximum absolute atomic E-state index is 2.40. The molecule has 0 saturated heterocycles. The van der Waals surface area contributed by atoms with Crippen molar-refractivity contribution in [3.05, 3.63) is 0 Å². The highest BCUT2D eigenvalue weighted by molar-refractivity contribution is 4.83. The van der Waals surface area contributed by atoms with E-state index in [1.165, 1.54) is 57.8 Å². The summed E-state index contributed by atoms with van der Waals surface area (Å²) < 4.78 is 0. The van der Waals surface area contributed by atoms with Crippen LogP contribution in [-0.2, 0) is 0 Å². The number of hydrogen-bond donors (Lipinski definition) is 0. The molecule has 0 aliphatic heterocycles. The molecule has 84 valence electrons. The van der Waals surface area contributed by atoms with Gasteiger partial charge in [0.1, 0.15) is 0 Å². The molecule has 1 aliphatic rings. The Kier molecular flexibility index (Phi) is 4.98. The van der Waals surface area contributed by atoms with Gasteiger partial charge in [0.15, 0.2) is 0 Å². The molecule has 0 amide bonds. The van der Waals surface area contributed by atoms with Crippen molar-refractivity contribution in [3.63, 3.8) is 0 Å². The van der Waals surface area contributed by atoms with Crippen molar-refractivity contribution in [2.75, 3.05) is 0 Å². The first-order valence-electron chi connectivity index (χ1n) is 6.72. The lowest BCUT2D eigenvalue weighted by Crippen LogP contribution is -2.15. The highest BCUT2D eigenvalue weighted by atomic mass is 14.4. The zero-order chi connectivity index (χ0) is 10.4. The molecule has 0 aromatic carbocycles. The summed E-state index contributed by atoms with van der Waals surface area (Å²) in [7, 11) is 0. The molecule has 0 unspecified atom stereocenters. The van der Waals surface area contributed by atoms with Gasteiger partial charge < -0.3 is 0 Å². The van der Waals surface area contributed by atoms with Gasteiger partial charge in [0.2, 0.25) is 0 Å². The Hall–Kier alpha value is 0. The van der Waals surface area contributed by atoms with Crippen LogP contribution in [0.2, 0.25) is 0 Å². The smallest absolute Gasteiger partial charge is 0.0300 e. The van der Waals surface area contributed by atoms with Gasteiger partial charge in [-0.1, -0.05) is 59.3 Å². The molecule has 0 spiro atoms. The minimum Gasteiger partial charge on any atom is -0.0651 e. The molecule has 1 rings (SSSR count). The molecule has 1 saturated carbocycles. The molecule has 14 heavy (non-hydrogen) atoms. The molecule has 0 N–H and O–H groups in total. The summed E-state index contributed by atoms with van der Waals surface area (Å²) in [6.07, 6.45) is 13.3. The van der Waals surface area contributed by atoms with E-state index in [4.69, 9.17) is 0 Å². The maximum Gasteiger partial charge on any atom is -0.0300 e. The maximum atomic E-state index is 2.40. The Morgan fingerprint density at radius 3 is 2.29 bits per heavy atom. The third kappa shape index (κ3) is 3.29. The lowest BCUT2D eigenvalue weighted by Gasteiger charge is -2.27. The quantitative estimate of drug-likeness (QED) is 0.549. The molecule has 1 atom stereocenters. The van der Waals surface area contributed by atoms with Crippen LogP contribution < -0.4 is 0 Å². The second-order valence-corrected chi connectivity index (χ2v) is 5.47. The molecule has 0 radical (unpaired) electrons. The molecule has 1 aliphatic carbocycles. The number of hydrogen-bond acceptors (Lipinski definition) is 0. The number of rotatable bonds is 6. The molecule has 0 heterocycles. The Morgan fingerprint density at radius 1 is 1.14 bits per heavy atom. The van der Waals surface area contributed by atoms with E-state index in [2.05, 4.69) is 20.8 Å². The Balaban J connectivity index is 2.21. The SMILES string of the molecule is CC[C@H](C)CCCC1(CC)CCCC1. The van der Waals surface area contributed by atoms with Crippen LogP contribution in [0, 0.1) is 11.3 Å². The summed E-state index contributed by atoms with van der Waals surface area (Å²) in [5.41, 5.74) is 0.771. The van der Waals surface area contributed by atoms with Crippen LogP contribution in [0.4, 0.5) is 0 Å². The van der Waals surface area contributed by atoms with Crippen molar-refractivity contribution in [1.82, 2.24) is 0 Å². The van der Waals surface area contributed by atoms with Gasteiger partial charge in [-0.25, -0.2) is 0 Å². The van der Waals surface area contributed by atoms with E-state index in [1.54, 1.807) is 0 Å². The monoisotopic (exact) mass is 196 g/mol. The molecule has 0 bridgehead atoms. The summed E-state index contributed by atoms with van der Waals surface area (Å²) >= 11 is 0. The normalized spacial score (nSPS) is 22.5. The largest absolute Gasteiger partial charge is 0.0651 e. The minimum absolute atomic E-state index is 0.771. The highest BCUT2D eigenvalue weighted by Gasteiger charge is 2.30. The Labute approximate surface area is 90.5 Å². The van der Waals surface area contributed by atoms with E-state index in [-0.39, 0.29) is 0 Å². The zero-order valence-electron chi connectivity index (χ0n) is 10.4. The second kappa shape index (κ2) is 5.78. The third-order valence-corrected chi connectivity index (χ3v) is 4.52. The van der Waals surface area contributed by atoms with Crippen LogP contribution in [-0.4, -0.2) is 0 Å². The van der Waals surface area contributed by atoms with Crippen molar-refractivity contribution in [2.45, 2.75) is 78.6 Å². The Morgan fingerprint density at radius 2 is 1.79 bits per heavy atom. The van der Waals surface area contributed by atoms with Gasteiger partial charge in [-0.05, 0) is 30.6 Å². The molecule has 0 aromatic rings. The van der Waals surface area contributed by atoms with E-state index in [9.17, 15) is 0 Å². The van der Waals surface area contributed by atoms with Crippen LogP contribution in [0.5, 0.6) is 0 Å². The first-order valence-corrected chi connectivity index (χ1v) is 6.72. The van der Waals surface area contributed by atoms with Gasteiger partial charge in [-0.15, -0.1) is 0 Å². The lowest BCUT2D eigenvalue weighted by molar-refractivity contribution is 0.244. The summed E-state index contributed by atoms with van der Waals surface area (Å²) in [5.74, 6) is 0.949. The van der Waals surface area contributed by atoms with Gasteiger partial charge in [0, 0.05) is 0 Å². The average Bonchev–Trinajstić information content (AvgIpc) is 2.67. The van der Waals surface area contributed by atoms with Gasteiger partial charge in [0.25, 0.3) is 0 Å². The fourth-order valence-electron chi connectivity index (χ4n) is 2.93. The first kappa shape index (κ1) is 12.1. The minimum atomic E-state index is 0.771. The van der Waals surface area contributed by atoms with Crippen LogP contribution >= 0.6 is 0 Å². The van der Waals surface area contributed by atoms with Crippen LogP contribution in [0.3, 0.4) is 0 Å². The van der Waals surface area contributed by atoms with Gasteiger partial charge >= 0.3 is 0 Å². The van der Waals surface area contributed by atoms with E-state index in [0.717, 1.165) is 11.3 Å². The first-order chi connectivity index (χ1) is 6.72. The molecular weight excluding hydrogens is 168 g/mol. The van der Waals surface area contributed by atoms with Crippen molar-refractivity contribution in [1.29, 1.82) is 0 Å². The highest BCUT2D eigenvalue weighted by Crippen LogP contribution is 2.45. The van der Waals surface area contributed by atoms with Gasteiger partial charge in [0.05, 0.1) is 0 Å². The van der Waals surface area contributed by atoms with Crippen LogP contribution in [0.1, 0.15) is 78.6 Å². The average molecular weight is 196 g/mol. The van der Waals surface area contributed by atoms with E-state index in [0.29, 0.717) is 0 Å². The predicted octanol–water partition coefficient (Wildman–Crippen LogP) is 5.17. The second-order valence-electron chi connectivity index (χ2n) is 5.47. The predicted molar refractivity (Wildman–Crippen MR) is 64.5 cm³/mol. The van der Waals surface area contributed by atoms with Crippen molar-refractivity contribution in [3.8, 4) is 0 Å². The molecule has 0 heteroatoms. The zero-order valence-corrected chi connectivity index (χ0v) is 10.4. The van der Waals surface area contributed by atoms with E-state index in [1.807, 2.05) is 0 Å². The summed E-state index contributed by atoms with van der Waals surface area (Å²) in [6, 6.07) is 0. The fraction of sp³-hybridized carbons (Fsp3) is 1.00. The van der Waals surface area contributed by atoms with Gasteiger partial charge in [-0.3, -0.25) is 0 Å². The molecule has 0 aromatic heterocycles. The van der Waals surface area contributed by atoms with E-state index < -0.39 is 0 Å². The Bertz CT molecular complexity index is 142. The van der Waals surface area contributed by atoms with Crippen molar-refractivity contribution < 1.29 is 0 Å². The van der Waals surface area contributed by atoms with E-state index >= 15 is 0 Å². The molecule has 1 fully saturated rings. The van der Waals surface area contributed by atoms with Crippen LogP contribution in [0.15, 0.2) is 0 Å². The standard InChI is InChI=1S/C14H28/c1-4-13(3)9-8-12-14(5-2)10-6-7-11-14/h13H,4-12H2,1-3H3/t13-/m0/s1. The fourth-order valence-corrected chi connectivity index (χ4v) is 2.93. The summed E-state index contributed by atoms with van der Waals surface area (Å²) in [4.78, 5) is 0. The summed E-state index contributed by atoms with van der Waals surface area (Å²) in [5, 5.41) is 0. The van der Waals surface area contributed by atoms with Crippen molar-refractivity contribution in [2.24, 2.45) is 11.3 Å². The lowest BCUT2D eigenvalue weighted by atomic mass is 9.78. The summed E-state index contributed by atoms with van der Waals surface area (Å²) in [6.45, 7) is 7.11. The molecular formula is C14H28. The van der Waals surface area contributed by atoms with Gasteiger partial charge in [-0.2, -0.15) is 0 Å². The third-order valence-electron chi connectivity index (χ3n) is 4.52. The molecule has 0 nitrogen and oxygen atoms in total.